The van der Waals surface area contributed by atoms with E-state index in [2.05, 4.69) is 0 Å². The lowest BCUT2D eigenvalue weighted by molar-refractivity contribution is -0.139. The number of sulfone groups is 1. The maximum absolute atomic E-state index is 13.1. The summed E-state index contributed by atoms with van der Waals surface area (Å²) < 4.78 is 103. The van der Waals surface area contributed by atoms with Crippen molar-refractivity contribution >= 4 is 32.6 Å². The molecule has 0 spiro atoms. The minimum absolute atomic E-state index is 0.194. The molecule has 4 aromatic carbocycles. The van der Waals surface area contributed by atoms with E-state index in [1.165, 1.54) is 6.07 Å². The third-order valence-corrected chi connectivity index (χ3v) is 8.56. The van der Waals surface area contributed by atoms with E-state index in [4.69, 9.17) is 22.9 Å². The number of benzene rings is 4. The number of fused-ring (bicyclic) bond motifs is 3. The van der Waals surface area contributed by atoms with Crippen molar-refractivity contribution in [2.45, 2.75) is 36.0 Å². The summed E-state index contributed by atoms with van der Waals surface area (Å²) in [5.74, 6) is 0. The second-order valence-corrected chi connectivity index (χ2v) is 11.3. The molecule has 0 fully saturated rings. The van der Waals surface area contributed by atoms with Crippen molar-refractivity contribution < 1.29 is 34.8 Å². The quantitative estimate of drug-likeness (QED) is 0.124. The molecule has 216 valence electrons. The zero-order valence-corrected chi connectivity index (χ0v) is 22.4. The third kappa shape index (κ3) is 5.36. The summed E-state index contributed by atoms with van der Waals surface area (Å²) in [5, 5.41) is 0. The molecule has 41 heavy (non-hydrogen) atoms. The summed E-state index contributed by atoms with van der Waals surface area (Å²) in [5.41, 5.74) is 22.4. The van der Waals surface area contributed by atoms with Crippen LogP contribution in [0.2, 0.25) is 0 Å². The Bertz CT molecular complexity index is 1740. The van der Waals surface area contributed by atoms with E-state index in [1.807, 2.05) is 13.8 Å². The van der Waals surface area contributed by atoms with E-state index in [-0.39, 0.29) is 21.2 Å². The Kier molecular flexibility index (Phi) is 7.15. The monoisotopic (exact) mass is 594 g/mol. The SMILES string of the molecule is Cc1c(N)cc2c(c1C)-c1ccc(N)cc1S2(=O)=O.Nc1ccc(-c2ccc(N)cc2C(F)(F)F)c(C(F)(F)F)c1. The van der Waals surface area contributed by atoms with Crippen LogP contribution in [0.1, 0.15) is 22.3 Å². The number of alkyl halides is 6. The highest BCUT2D eigenvalue weighted by Crippen LogP contribution is 2.47. The van der Waals surface area contributed by atoms with Gasteiger partial charge in [0.25, 0.3) is 0 Å². The van der Waals surface area contributed by atoms with Crippen molar-refractivity contribution in [1.82, 2.24) is 0 Å². The van der Waals surface area contributed by atoms with E-state index in [0.717, 1.165) is 41.0 Å². The molecule has 1 heterocycles. The summed E-state index contributed by atoms with van der Waals surface area (Å²) in [6.07, 6.45) is -9.68. The molecule has 8 N–H and O–H groups in total. The fourth-order valence-electron chi connectivity index (χ4n) is 4.61. The van der Waals surface area contributed by atoms with Gasteiger partial charge in [0.2, 0.25) is 9.84 Å². The Balaban J connectivity index is 0.000000191. The van der Waals surface area contributed by atoms with Crippen molar-refractivity contribution in [1.29, 1.82) is 0 Å². The lowest BCUT2D eigenvalue weighted by Gasteiger charge is -2.18. The van der Waals surface area contributed by atoms with E-state index >= 15 is 0 Å². The largest absolute Gasteiger partial charge is 0.417 e. The molecule has 1 aliphatic heterocycles. The minimum Gasteiger partial charge on any atom is -0.399 e. The summed E-state index contributed by atoms with van der Waals surface area (Å²) in [6, 6.07) is 11.8. The molecule has 13 heteroatoms. The normalized spacial score (nSPS) is 13.7. The number of hydrogen-bond donors (Lipinski definition) is 4. The van der Waals surface area contributed by atoms with Gasteiger partial charge >= 0.3 is 12.4 Å². The van der Waals surface area contributed by atoms with Crippen LogP contribution < -0.4 is 22.9 Å². The lowest BCUT2D eigenvalue weighted by atomic mass is 9.94. The fourth-order valence-corrected chi connectivity index (χ4v) is 6.41. The zero-order chi connectivity index (χ0) is 30.7. The Hall–Kier alpha value is -4.39. The summed E-state index contributed by atoms with van der Waals surface area (Å²) in [6.45, 7) is 3.79. The first-order valence-corrected chi connectivity index (χ1v) is 13.3. The van der Waals surface area contributed by atoms with Crippen LogP contribution in [0, 0.1) is 13.8 Å². The van der Waals surface area contributed by atoms with Crippen LogP contribution in [0.5, 0.6) is 0 Å². The summed E-state index contributed by atoms with van der Waals surface area (Å²) in [4.78, 5) is 0.560. The van der Waals surface area contributed by atoms with Gasteiger partial charge in [0.05, 0.1) is 20.9 Å². The summed E-state index contributed by atoms with van der Waals surface area (Å²) >= 11 is 0. The smallest absolute Gasteiger partial charge is 0.399 e. The highest BCUT2D eigenvalue weighted by Gasteiger charge is 2.39. The number of rotatable bonds is 1. The first-order chi connectivity index (χ1) is 18.8. The number of nitrogens with two attached hydrogens (primary N) is 4. The molecular formula is C28H24F6N4O2S. The third-order valence-electron chi connectivity index (χ3n) is 6.75. The van der Waals surface area contributed by atoms with Crippen molar-refractivity contribution in [3.05, 3.63) is 82.9 Å². The molecule has 0 radical (unpaired) electrons. The van der Waals surface area contributed by atoms with Crippen LogP contribution in [-0.2, 0) is 22.2 Å². The van der Waals surface area contributed by atoms with Gasteiger partial charge in [0.15, 0.2) is 0 Å². The lowest BCUT2D eigenvalue weighted by Crippen LogP contribution is -2.12. The van der Waals surface area contributed by atoms with Crippen LogP contribution >= 0.6 is 0 Å². The Labute approximate surface area is 231 Å². The average molecular weight is 595 g/mol. The molecule has 0 unspecified atom stereocenters. The molecule has 0 aromatic heterocycles. The van der Waals surface area contributed by atoms with E-state index < -0.39 is 44.4 Å². The number of anilines is 4. The maximum atomic E-state index is 13.1. The van der Waals surface area contributed by atoms with E-state index in [9.17, 15) is 34.8 Å². The van der Waals surface area contributed by atoms with Gasteiger partial charge in [-0.25, -0.2) is 8.42 Å². The van der Waals surface area contributed by atoms with Gasteiger partial charge in [-0.2, -0.15) is 26.3 Å². The van der Waals surface area contributed by atoms with Gasteiger partial charge in [-0.05, 0) is 78.6 Å². The van der Waals surface area contributed by atoms with Crippen molar-refractivity contribution in [3.63, 3.8) is 0 Å². The maximum Gasteiger partial charge on any atom is 0.417 e. The predicted molar refractivity (Wildman–Crippen MR) is 146 cm³/mol. The Morgan fingerprint density at radius 3 is 1.41 bits per heavy atom. The molecule has 1 aliphatic rings. The molecule has 0 amide bonds. The van der Waals surface area contributed by atoms with Crippen LogP contribution in [0.15, 0.2) is 70.5 Å². The molecule has 6 nitrogen and oxygen atoms in total. The molecule has 5 rings (SSSR count). The second kappa shape index (κ2) is 9.91. The van der Waals surface area contributed by atoms with Gasteiger partial charge in [-0.15, -0.1) is 0 Å². The molecule has 0 aliphatic carbocycles. The van der Waals surface area contributed by atoms with Crippen LogP contribution in [0.3, 0.4) is 0 Å². The second-order valence-electron chi connectivity index (χ2n) is 9.45. The highest BCUT2D eigenvalue weighted by molar-refractivity contribution is 7.92. The molecule has 0 bridgehead atoms. The van der Waals surface area contributed by atoms with Crippen molar-refractivity contribution in [2.24, 2.45) is 0 Å². The average Bonchev–Trinajstić information content (AvgIpc) is 3.08. The first kappa shape index (κ1) is 29.6. The van der Waals surface area contributed by atoms with Gasteiger partial charge in [0.1, 0.15) is 0 Å². The molecular weight excluding hydrogens is 570 g/mol. The van der Waals surface area contributed by atoms with E-state index in [0.29, 0.717) is 29.1 Å². The van der Waals surface area contributed by atoms with Gasteiger partial charge < -0.3 is 22.9 Å². The minimum atomic E-state index is -4.84. The number of hydrogen-bond acceptors (Lipinski definition) is 6. The van der Waals surface area contributed by atoms with Crippen LogP contribution in [0.4, 0.5) is 49.1 Å². The zero-order valence-electron chi connectivity index (χ0n) is 21.6. The van der Waals surface area contributed by atoms with Gasteiger partial charge in [-0.1, -0.05) is 18.2 Å². The molecule has 0 saturated heterocycles. The molecule has 4 aromatic rings. The standard InChI is InChI=1S/C14H10F6N2.C14H14N2O2S/c15-13(16,17)11-5-7(21)1-3-9(11)10-4-2-8(22)6-12(10)14(18,19)20;1-7-8(2)14-10-4-3-9(15)5-12(10)19(17,18)13(14)6-11(7)16/h1-6H,21-22H2;3-6H,15-16H2,1-2H3. The van der Waals surface area contributed by atoms with Crippen LogP contribution in [0.25, 0.3) is 22.3 Å². The van der Waals surface area contributed by atoms with E-state index in [1.54, 1.807) is 18.2 Å². The van der Waals surface area contributed by atoms with Gasteiger partial charge in [-0.3, -0.25) is 0 Å². The van der Waals surface area contributed by atoms with Gasteiger partial charge in [0, 0.05) is 33.9 Å². The Morgan fingerprint density at radius 1 is 0.561 bits per heavy atom. The fraction of sp³-hybridized carbons (Fsp3) is 0.143. The number of nitrogen functional groups attached to an aromatic ring is 4. The first-order valence-electron chi connectivity index (χ1n) is 11.8. The predicted octanol–water partition coefficient (Wildman–Crippen LogP) is 6.84. The molecule has 0 atom stereocenters. The van der Waals surface area contributed by atoms with Crippen LogP contribution in [-0.4, -0.2) is 8.42 Å². The number of halogens is 6. The van der Waals surface area contributed by atoms with Crippen molar-refractivity contribution in [2.75, 3.05) is 22.9 Å². The Morgan fingerprint density at radius 2 is 0.976 bits per heavy atom. The highest BCUT2D eigenvalue weighted by atomic mass is 32.2. The summed E-state index contributed by atoms with van der Waals surface area (Å²) in [7, 11) is -3.51. The molecule has 0 saturated carbocycles. The topological polar surface area (TPSA) is 138 Å². The van der Waals surface area contributed by atoms with Crippen molar-refractivity contribution in [3.8, 4) is 22.3 Å².